The summed E-state index contributed by atoms with van der Waals surface area (Å²) >= 11 is 5.11. The minimum Gasteiger partial charge on any atom is -0.493 e. The van der Waals surface area contributed by atoms with Crippen LogP contribution in [0.2, 0.25) is 0 Å². The van der Waals surface area contributed by atoms with Crippen LogP contribution in [0.4, 0.5) is 4.39 Å². The van der Waals surface area contributed by atoms with Crippen molar-refractivity contribution in [2.45, 2.75) is 26.5 Å². The molecule has 0 unspecified atom stereocenters. The Morgan fingerprint density at radius 2 is 1.81 bits per heavy atom. The lowest BCUT2D eigenvalue weighted by atomic mass is 10.2. The van der Waals surface area contributed by atoms with E-state index in [2.05, 4.69) is 16.2 Å². The van der Waals surface area contributed by atoms with E-state index in [-0.39, 0.29) is 22.9 Å². The van der Waals surface area contributed by atoms with Crippen molar-refractivity contribution in [2.75, 3.05) is 7.11 Å². The van der Waals surface area contributed by atoms with Crippen molar-refractivity contribution in [3.05, 3.63) is 59.4 Å². The molecule has 0 radical (unpaired) electrons. The molecule has 1 amide bonds. The number of carbonyl (C=O) groups is 1. The first-order chi connectivity index (χ1) is 12.9. The maximum absolute atomic E-state index is 12.9. The third kappa shape index (κ3) is 6.41. The van der Waals surface area contributed by atoms with E-state index >= 15 is 0 Å². The van der Waals surface area contributed by atoms with Crippen LogP contribution >= 0.6 is 12.2 Å². The molecule has 2 rings (SSSR count). The average molecular weight is 391 g/mol. The van der Waals surface area contributed by atoms with Crippen LogP contribution in [0.5, 0.6) is 11.5 Å². The molecule has 2 aromatic rings. The number of hydrogen-bond acceptors (Lipinski definition) is 4. The van der Waals surface area contributed by atoms with E-state index in [0.717, 1.165) is 5.56 Å². The SMILES string of the molecule is COc1cc(C(=O)NNC(=S)NCc2ccc(F)cc2)ccc1OC(C)C. The second-order valence-corrected chi connectivity index (χ2v) is 6.33. The van der Waals surface area contributed by atoms with E-state index in [1.165, 1.54) is 19.2 Å². The molecule has 2 aromatic carbocycles. The van der Waals surface area contributed by atoms with Crippen molar-refractivity contribution in [3.8, 4) is 11.5 Å². The van der Waals surface area contributed by atoms with Crippen LogP contribution in [0, 0.1) is 5.82 Å². The van der Waals surface area contributed by atoms with Gasteiger partial charge in [0, 0.05) is 12.1 Å². The Morgan fingerprint density at radius 1 is 1.11 bits per heavy atom. The first-order valence-electron chi connectivity index (χ1n) is 8.32. The van der Waals surface area contributed by atoms with Gasteiger partial charge >= 0.3 is 0 Å². The lowest BCUT2D eigenvalue weighted by molar-refractivity contribution is 0.0943. The fourth-order valence-corrected chi connectivity index (χ4v) is 2.30. The number of hydrazine groups is 1. The van der Waals surface area contributed by atoms with E-state index in [1.54, 1.807) is 30.3 Å². The quantitative estimate of drug-likeness (QED) is 0.520. The fourth-order valence-electron chi connectivity index (χ4n) is 2.17. The number of rotatable bonds is 6. The molecular weight excluding hydrogens is 369 g/mol. The number of halogens is 1. The van der Waals surface area contributed by atoms with Gasteiger partial charge in [-0.05, 0) is 62.0 Å². The van der Waals surface area contributed by atoms with Crippen LogP contribution in [-0.4, -0.2) is 24.2 Å². The summed E-state index contributed by atoms with van der Waals surface area (Å²) < 4.78 is 23.8. The number of carbonyl (C=O) groups excluding carboxylic acids is 1. The van der Waals surface area contributed by atoms with Crippen molar-refractivity contribution in [3.63, 3.8) is 0 Å². The summed E-state index contributed by atoms with van der Waals surface area (Å²) in [6, 6.07) is 10.9. The van der Waals surface area contributed by atoms with Crippen molar-refractivity contribution < 1.29 is 18.7 Å². The van der Waals surface area contributed by atoms with Gasteiger partial charge in [-0.2, -0.15) is 0 Å². The Morgan fingerprint density at radius 3 is 2.44 bits per heavy atom. The van der Waals surface area contributed by atoms with Crippen LogP contribution in [0.3, 0.4) is 0 Å². The highest BCUT2D eigenvalue weighted by Gasteiger charge is 2.12. The van der Waals surface area contributed by atoms with Crippen LogP contribution in [0.25, 0.3) is 0 Å². The van der Waals surface area contributed by atoms with E-state index in [9.17, 15) is 9.18 Å². The number of nitrogens with one attached hydrogen (secondary N) is 3. The molecule has 0 saturated carbocycles. The second kappa shape index (κ2) is 9.72. The average Bonchev–Trinajstić information content (AvgIpc) is 2.65. The first-order valence-corrected chi connectivity index (χ1v) is 8.73. The fraction of sp³-hybridized carbons (Fsp3) is 0.263. The number of hydrogen-bond donors (Lipinski definition) is 3. The van der Waals surface area contributed by atoms with Gasteiger partial charge in [0.25, 0.3) is 5.91 Å². The summed E-state index contributed by atoms with van der Waals surface area (Å²) in [6.45, 7) is 4.21. The highest BCUT2D eigenvalue weighted by Crippen LogP contribution is 2.28. The third-order valence-corrected chi connectivity index (χ3v) is 3.69. The maximum atomic E-state index is 12.9. The summed E-state index contributed by atoms with van der Waals surface area (Å²) in [4.78, 5) is 12.3. The van der Waals surface area contributed by atoms with Gasteiger partial charge in [0.05, 0.1) is 13.2 Å². The van der Waals surface area contributed by atoms with Gasteiger partial charge in [0.15, 0.2) is 16.6 Å². The molecule has 0 fully saturated rings. The van der Waals surface area contributed by atoms with Gasteiger partial charge in [0.1, 0.15) is 5.82 Å². The summed E-state index contributed by atoms with van der Waals surface area (Å²) in [6.07, 6.45) is -0.00945. The van der Waals surface area contributed by atoms with E-state index in [4.69, 9.17) is 21.7 Å². The van der Waals surface area contributed by atoms with E-state index in [1.807, 2.05) is 13.8 Å². The number of ether oxygens (including phenoxy) is 2. The maximum Gasteiger partial charge on any atom is 0.269 e. The molecule has 0 spiro atoms. The predicted molar refractivity (Wildman–Crippen MR) is 105 cm³/mol. The van der Waals surface area contributed by atoms with Crippen molar-refractivity contribution in [1.29, 1.82) is 0 Å². The molecule has 0 heterocycles. The Kier molecular flexibility index (Phi) is 7.36. The van der Waals surface area contributed by atoms with Gasteiger partial charge in [-0.25, -0.2) is 4.39 Å². The Balaban J connectivity index is 1.87. The zero-order valence-corrected chi connectivity index (χ0v) is 16.2. The van der Waals surface area contributed by atoms with Crippen LogP contribution in [0.15, 0.2) is 42.5 Å². The van der Waals surface area contributed by atoms with Gasteiger partial charge in [0.2, 0.25) is 0 Å². The standard InChI is InChI=1S/C19H22FN3O3S/c1-12(2)26-16-9-6-14(10-17(16)25-3)18(24)22-23-19(27)21-11-13-4-7-15(20)8-5-13/h4-10,12H,11H2,1-3H3,(H,22,24)(H2,21,23,27). The molecule has 6 nitrogen and oxygen atoms in total. The summed E-state index contributed by atoms with van der Waals surface area (Å²) in [5.41, 5.74) is 6.37. The van der Waals surface area contributed by atoms with Crippen LogP contribution in [0.1, 0.15) is 29.8 Å². The molecule has 3 N–H and O–H groups in total. The number of thiocarbonyl (C=S) groups is 1. The van der Waals surface area contributed by atoms with Gasteiger partial charge in [-0.1, -0.05) is 12.1 Å². The molecule has 27 heavy (non-hydrogen) atoms. The Bertz CT molecular complexity index is 797. The number of methoxy groups -OCH3 is 1. The van der Waals surface area contributed by atoms with Crippen molar-refractivity contribution >= 4 is 23.2 Å². The molecule has 0 aromatic heterocycles. The van der Waals surface area contributed by atoms with Crippen molar-refractivity contribution in [2.24, 2.45) is 0 Å². The first kappa shape index (κ1) is 20.4. The normalized spacial score (nSPS) is 10.3. The van der Waals surface area contributed by atoms with Gasteiger partial charge < -0.3 is 14.8 Å². The number of benzene rings is 2. The monoisotopic (exact) mass is 391 g/mol. The molecule has 0 atom stereocenters. The number of amides is 1. The van der Waals surface area contributed by atoms with Crippen LogP contribution < -0.4 is 25.6 Å². The molecular formula is C19H22FN3O3S. The highest BCUT2D eigenvalue weighted by atomic mass is 32.1. The van der Waals surface area contributed by atoms with Gasteiger partial charge in [-0.15, -0.1) is 0 Å². The molecule has 0 aliphatic heterocycles. The Hall–Kier alpha value is -2.87. The van der Waals surface area contributed by atoms with E-state index in [0.29, 0.717) is 23.6 Å². The zero-order chi connectivity index (χ0) is 19.8. The Labute approximate surface area is 163 Å². The lowest BCUT2D eigenvalue weighted by Gasteiger charge is -2.15. The summed E-state index contributed by atoms with van der Waals surface area (Å²) in [5, 5.41) is 3.15. The minimum atomic E-state index is -0.379. The minimum absolute atomic E-state index is 0.00945. The van der Waals surface area contributed by atoms with Crippen molar-refractivity contribution in [1.82, 2.24) is 16.2 Å². The largest absolute Gasteiger partial charge is 0.493 e. The third-order valence-electron chi connectivity index (χ3n) is 3.44. The van der Waals surface area contributed by atoms with Crippen LogP contribution in [-0.2, 0) is 6.54 Å². The second-order valence-electron chi connectivity index (χ2n) is 5.92. The topological polar surface area (TPSA) is 71.6 Å². The zero-order valence-electron chi connectivity index (χ0n) is 15.3. The molecule has 0 saturated heterocycles. The molecule has 144 valence electrons. The molecule has 8 heteroatoms. The molecule has 0 aliphatic rings. The lowest BCUT2D eigenvalue weighted by Crippen LogP contribution is -2.46. The molecule has 0 aliphatic carbocycles. The molecule has 0 bridgehead atoms. The predicted octanol–water partition coefficient (Wildman–Crippen LogP) is 2.93. The van der Waals surface area contributed by atoms with Gasteiger partial charge in [-0.3, -0.25) is 15.6 Å². The smallest absolute Gasteiger partial charge is 0.269 e. The summed E-state index contributed by atoms with van der Waals surface area (Å²) in [7, 11) is 1.51. The highest BCUT2D eigenvalue weighted by molar-refractivity contribution is 7.80. The summed E-state index contributed by atoms with van der Waals surface area (Å²) in [5.74, 6) is 0.351. The van der Waals surface area contributed by atoms with E-state index < -0.39 is 0 Å².